The third kappa shape index (κ3) is 3.21. The molecule has 0 radical (unpaired) electrons. The van der Waals surface area contributed by atoms with E-state index in [-0.39, 0.29) is 5.92 Å². The number of aliphatic carboxylic acids is 1. The van der Waals surface area contributed by atoms with Gasteiger partial charge in [-0.05, 0) is 32.1 Å². The number of carbonyl (C=O) groups is 1. The summed E-state index contributed by atoms with van der Waals surface area (Å²) in [4.78, 5) is 10.7. The summed E-state index contributed by atoms with van der Waals surface area (Å²) in [5, 5.41) is 8.78. The van der Waals surface area contributed by atoms with E-state index >= 15 is 0 Å². The van der Waals surface area contributed by atoms with Gasteiger partial charge in [0.25, 0.3) is 0 Å². The summed E-state index contributed by atoms with van der Waals surface area (Å²) in [6.45, 7) is 2.17. The molecule has 1 aliphatic rings. The predicted molar refractivity (Wildman–Crippen MR) is 52.6 cm³/mol. The van der Waals surface area contributed by atoms with E-state index in [4.69, 9.17) is 5.11 Å². The van der Waals surface area contributed by atoms with Gasteiger partial charge in [0.05, 0.1) is 5.92 Å². The van der Waals surface area contributed by atoms with Crippen LogP contribution in [0.25, 0.3) is 0 Å². The molecule has 13 heavy (non-hydrogen) atoms. The van der Waals surface area contributed by atoms with Crippen molar-refractivity contribution in [2.24, 2.45) is 5.92 Å². The highest BCUT2D eigenvalue weighted by Gasteiger charge is 2.21. The molecule has 1 fully saturated rings. The van der Waals surface area contributed by atoms with Crippen LogP contribution in [0.3, 0.4) is 0 Å². The third-order valence-corrected chi connectivity index (χ3v) is 2.70. The predicted octanol–water partition coefficient (Wildman–Crippen LogP) is 2.99. The van der Waals surface area contributed by atoms with Gasteiger partial charge in [-0.2, -0.15) is 0 Å². The van der Waals surface area contributed by atoms with E-state index in [2.05, 4.69) is 13.0 Å². The number of allylic oxidation sites excluding steroid dienone is 2. The average Bonchev–Trinajstić information content (AvgIpc) is 2.15. The zero-order valence-electron chi connectivity index (χ0n) is 8.25. The second-order valence-electron chi connectivity index (χ2n) is 3.76. The van der Waals surface area contributed by atoms with Gasteiger partial charge in [-0.15, -0.1) is 0 Å². The van der Waals surface area contributed by atoms with E-state index in [1.165, 1.54) is 12.0 Å². The van der Waals surface area contributed by atoms with E-state index < -0.39 is 5.97 Å². The van der Waals surface area contributed by atoms with Gasteiger partial charge < -0.3 is 5.11 Å². The van der Waals surface area contributed by atoms with Crippen molar-refractivity contribution in [3.05, 3.63) is 11.6 Å². The molecule has 0 amide bonds. The molecule has 1 aliphatic carbocycles. The van der Waals surface area contributed by atoms with E-state index in [0.717, 1.165) is 32.1 Å². The van der Waals surface area contributed by atoms with Crippen LogP contribution in [0.4, 0.5) is 0 Å². The van der Waals surface area contributed by atoms with Crippen molar-refractivity contribution in [1.82, 2.24) is 0 Å². The lowest BCUT2D eigenvalue weighted by Gasteiger charge is -2.20. The van der Waals surface area contributed by atoms with Gasteiger partial charge in [0.2, 0.25) is 0 Å². The zero-order chi connectivity index (χ0) is 9.68. The number of carboxylic acids is 1. The van der Waals surface area contributed by atoms with Crippen LogP contribution in [0.15, 0.2) is 11.6 Å². The fourth-order valence-electron chi connectivity index (χ4n) is 1.79. The molecular weight excluding hydrogens is 164 g/mol. The molecular formula is C11H18O2. The number of hydrogen-bond donors (Lipinski definition) is 1. The number of rotatable bonds is 3. The van der Waals surface area contributed by atoms with Crippen LogP contribution >= 0.6 is 0 Å². The standard InChI is InChI=1S/C11H18O2/c1-2-3-4-9-5-7-10(8-6-9)11(12)13/h4,10H,2-3,5-8H2,1H3,(H,12,13). The molecule has 0 spiro atoms. The SMILES string of the molecule is CCCC=C1CCC(C(=O)O)CC1. The minimum Gasteiger partial charge on any atom is -0.481 e. The first-order valence-electron chi connectivity index (χ1n) is 5.14. The lowest BCUT2D eigenvalue weighted by atomic mass is 9.85. The minimum atomic E-state index is -0.616. The second kappa shape index (κ2) is 5.05. The smallest absolute Gasteiger partial charge is 0.306 e. The Hall–Kier alpha value is -0.790. The molecule has 1 N–H and O–H groups in total. The summed E-state index contributed by atoms with van der Waals surface area (Å²) >= 11 is 0. The van der Waals surface area contributed by atoms with Gasteiger partial charge in [-0.3, -0.25) is 4.79 Å². The molecule has 0 aromatic rings. The van der Waals surface area contributed by atoms with Gasteiger partial charge in [-0.25, -0.2) is 0 Å². The second-order valence-corrected chi connectivity index (χ2v) is 3.76. The van der Waals surface area contributed by atoms with Crippen LogP contribution in [-0.2, 0) is 4.79 Å². The highest BCUT2D eigenvalue weighted by Crippen LogP contribution is 2.28. The van der Waals surface area contributed by atoms with Crippen molar-refractivity contribution in [2.45, 2.75) is 45.4 Å². The van der Waals surface area contributed by atoms with E-state index in [1.54, 1.807) is 0 Å². The third-order valence-electron chi connectivity index (χ3n) is 2.70. The van der Waals surface area contributed by atoms with Gasteiger partial charge >= 0.3 is 5.97 Å². The molecule has 2 heteroatoms. The Kier molecular flexibility index (Phi) is 4.00. The largest absolute Gasteiger partial charge is 0.481 e. The van der Waals surface area contributed by atoms with Crippen molar-refractivity contribution < 1.29 is 9.90 Å². The minimum absolute atomic E-state index is 0.0845. The summed E-state index contributed by atoms with van der Waals surface area (Å²) < 4.78 is 0. The highest BCUT2D eigenvalue weighted by atomic mass is 16.4. The maximum atomic E-state index is 10.7. The Bertz CT molecular complexity index is 196. The Labute approximate surface area is 79.6 Å². The van der Waals surface area contributed by atoms with Crippen molar-refractivity contribution in [2.75, 3.05) is 0 Å². The van der Waals surface area contributed by atoms with Gasteiger partial charge in [0.15, 0.2) is 0 Å². The van der Waals surface area contributed by atoms with Gasteiger partial charge in [0.1, 0.15) is 0 Å². The maximum Gasteiger partial charge on any atom is 0.306 e. The summed E-state index contributed by atoms with van der Waals surface area (Å²) in [6.07, 6.45) is 8.29. The summed E-state index contributed by atoms with van der Waals surface area (Å²) in [5.74, 6) is -0.701. The van der Waals surface area contributed by atoms with Crippen LogP contribution in [0, 0.1) is 5.92 Å². The van der Waals surface area contributed by atoms with Crippen molar-refractivity contribution >= 4 is 5.97 Å². The van der Waals surface area contributed by atoms with Crippen LogP contribution in [0.1, 0.15) is 45.4 Å². The lowest BCUT2D eigenvalue weighted by Crippen LogP contribution is -2.17. The number of unbranched alkanes of at least 4 members (excludes halogenated alkanes) is 1. The molecule has 0 aliphatic heterocycles. The van der Waals surface area contributed by atoms with Gasteiger partial charge in [0, 0.05) is 0 Å². The van der Waals surface area contributed by atoms with Crippen molar-refractivity contribution in [3.8, 4) is 0 Å². The molecule has 2 nitrogen and oxygen atoms in total. The van der Waals surface area contributed by atoms with Crippen LogP contribution < -0.4 is 0 Å². The van der Waals surface area contributed by atoms with E-state index in [1.807, 2.05) is 0 Å². The average molecular weight is 182 g/mol. The Morgan fingerprint density at radius 3 is 2.62 bits per heavy atom. The molecule has 0 unspecified atom stereocenters. The topological polar surface area (TPSA) is 37.3 Å². The first-order chi connectivity index (χ1) is 6.24. The van der Waals surface area contributed by atoms with Crippen LogP contribution in [0.2, 0.25) is 0 Å². The van der Waals surface area contributed by atoms with Gasteiger partial charge in [-0.1, -0.05) is 25.0 Å². The first-order valence-corrected chi connectivity index (χ1v) is 5.14. The number of carboxylic acid groups (broad SMARTS) is 1. The quantitative estimate of drug-likeness (QED) is 0.681. The van der Waals surface area contributed by atoms with Crippen LogP contribution in [-0.4, -0.2) is 11.1 Å². The molecule has 74 valence electrons. The summed E-state index contributed by atoms with van der Waals surface area (Å²) in [7, 11) is 0. The summed E-state index contributed by atoms with van der Waals surface area (Å²) in [5.41, 5.74) is 1.47. The first kappa shape index (κ1) is 10.3. The zero-order valence-corrected chi connectivity index (χ0v) is 8.25. The number of hydrogen-bond acceptors (Lipinski definition) is 1. The molecule has 0 aromatic heterocycles. The van der Waals surface area contributed by atoms with Crippen molar-refractivity contribution in [1.29, 1.82) is 0 Å². The molecule has 0 bridgehead atoms. The lowest BCUT2D eigenvalue weighted by molar-refractivity contribution is -0.142. The molecule has 1 saturated carbocycles. The molecule has 0 aromatic carbocycles. The molecule has 1 rings (SSSR count). The van der Waals surface area contributed by atoms with Crippen molar-refractivity contribution in [3.63, 3.8) is 0 Å². The molecule has 0 atom stereocenters. The summed E-state index contributed by atoms with van der Waals surface area (Å²) in [6, 6.07) is 0. The van der Waals surface area contributed by atoms with E-state index in [9.17, 15) is 4.79 Å². The normalized spacial score (nSPS) is 22.8. The van der Waals surface area contributed by atoms with Crippen LogP contribution in [0.5, 0.6) is 0 Å². The fraction of sp³-hybridized carbons (Fsp3) is 0.727. The molecule has 0 saturated heterocycles. The Morgan fingerprint density at radius 2 is 2.15 bits per heavy atom. The van der Waals surface area contributed by atoms with E-state index in [0.29, 0.717) is 0 Å². The maximum absolute atomic E-state index is 10.7. The monoisotopic (exact) mass is 182 g/mol. The Balaban J connectivity index is 2.34. The highest BCUT2D eigenvalue weighted by molar-refractivity contribution is 5.70. The molecule has 0 heterocycles. The Morgan fingerprint density at radius 1 is 1.54 bits per heavy atom. The fourth-order valence-corrected chi connectivity index (χ4v) is 1.79.